The van der Waals surface area contributed by atoms with Crippen molar-refractivity contribution in [3.63, 3.8) is 0 Å². The van der Waals surface area contributed by atoms with Crippen molar-refractivity contribution in [3.8, 4) is 0 Å². The van der Waals surface area contributed by atoms with Crippen LogP contribution >= 0.6 is 0 Å². The Labute approximate surface area is 80.7 Å². The van der Waals surface area contributed by atoms with E-state index in [1.807, 2.05) is 0 Å². The topological polar surface area (TPSA) is 32.8 Å². The minimum Gasteiger partial charge on any atom is -0.462 e. The molecule has 80 valence electrons. The van der Waals surface area contributed by atoms with Gasteiger partial charge in [-0.15, -0.1) is 0 Å². The second kappa shape index (κ2) is 3.91. The maximum Gasteiger partial charge on any atom is 0.343 e. The Bertz CT molecular complexity index is 281. The van der Waals surface area contributed by atoms with Crippen LogP contribution in [-0.4, -0.2) is 43.0 Å². The second-order valence-electron chi connectivity index (χ2n) is 2.86. The van der Waals surface area contributed by atoms with Gasteiger partial charge in [-0.25, -0.2) is 9.18 Å². The third-order valence-electron chi connectivity index (χ3n) is 2.04. The first-order valence-corrected chi connectivity index (χ1v) is 4.18. The summed E-state index contributed by atoms with van der Waals surface area (Å²) in [5.74, 6) is -1.85. The number of carbonyl (C=O) groups excluding carboxylic acids is 1. The van der Waals surface area contributed by atoms with Gasteiger partial charge in [0, 0.05) is 14.1 Å². The van der Waals surface area contributed by atoms with Crippen molar-refractivity contribution in [2.45, 2.75) is 13.2 Å². The van der Waals surface area contributed by atoms with E-state index in [2.05, 4.69) is 4.74 Å². The lowest BCUT2D eigenvalue weighted by atomic mass is 10.3. The van der Waals surface area contributed by atoms with Crippen LogP contribution in [0.1, 0.15) is 6.92 Å². The highest BCUT2D eigenvalue weighted by Crippen LogP contribution is 2.29. The molecule has 6 heteroatoms. The average Bonchev–Trinajstić information content (AvgIpc) is 2.32. The number of hydrazine groups is 1. The van der Waals surface area contributed by atoms with Gasteiger partial charge in [0.15, 0.2) is 0 Å². The zero-order valence-electron chi connectivity index (χ0n) is 8.25. The number of halogens is 2. The van der Waals surface area contributed by atoms with Crippen LogP contribution < -0.4 is 0 Å². The second-order valence-corrected chi connectivity index (χ2v) is 2.86. The van der Waals surface area contributed by atoms with Gasteiger partial charge in [0.25, 0.3) is 0 Å². The molecular weight excluding hydrogens is 194 g/mol. The van der Waals surface area contributed by atoms with Crippen molar-refractivity contribution in [1.82, 2.24) is 10.0 Å². The molecule has 4 nitrogen and oxygen atoms in total. The maximum atomic E-state index is 13.3. The fourth-order valence-corrected chi connectivity index (χ4v) is 1.14. The third kappa shape index (κ3) is 1.57. The van der Waals surface area contributed by atoms with Crippen molar-refractivity contribution in [2.24, 2.45) is 0 Å². The number of esters is 1. The van der Waals surface area contributed by atoms with E-state index in [4.69, 9.17) is 0 Å². The van der Waals surface area contributed by atoms with Gasteiger partial charge in [-0.3, -0.25) is 5.01 Å². The van der Waals surface area contributed by atoms with Gasteiger partial charge in [-0.2, -0.15) is 9.40 Å². The number of ether oxygens (including phenoxy) is 1. The quantitative estimate of drug-likeness (QED) is 0.494. The largest absolute Gasteiger partial charge is 0.462 e. The van der Waals surface area contributed by atoms with Gasteiger partial charge in [0.2, 0.25) is 12.2 Å². The highest BCUT2D eigenvalue weighted by molar-refractivity contribution is 5.90. The van der Waals surface area contributed by atoms with E-state index in [-0.39, 0.29) is 6.61 Å². The number of likely N-dealkylation sites (N-methyl/N-ethyl adjacent to an activating group) is 1. The van der Waals surface area contributed by atoms with E-state index in [1.54, 1.807) is 6.92 Å². The molecule has 0 saturated heterocycles. The van der Waals surface area contributed by atoms with Crippen molar-refractivity contribution >= 4 is 5.97 Å². The molecule has 0 spiro atoms. The Morgan fingerprint density at radius 1 is 1.57 bits per heavy atom. The smallest absolute Gasteiger partial charge is 0.343 e. The Morgan fingerprint density at radius 3 is 2.50 bits per heavy atom. The minimum absolute atomic E-state index is 0.0930. The molecule has 1 aliphatic heterocycles. The summed E-state index contributed by atoms with van der Waals surface area (Å²) in [6.45, 7) is 1.67. The molecule has 0 N–H and O–H groups in total. The van der Waals surface area contributed by atoms with Crippen LogP contribution in [-0.2, 0) is 9.53 Å². The molecule has 1 atom stereocenters. The van der Waals surface area contributed by atoms with Crippen LogP contribution in [0.3, 0.4) is 0 Å². The summed E-state index contributed by atoms with van der Waals surface area (Å²) >= 11 is 0. The van der Waals surface area contributed by atoms with Gasteiger partial charge in [-0.1, -0.05) is 0 Å². The Morgan fingerprint density at radius 2 is 2.14 bits per heavy atom. The molecule has 1 aliphatic rings. The number of nitrogens with zero attached hydrogens (tertiary/aromatic N) is 2. The first-order chi connectivity index (χ1) is 6.50. The number of rotatable bonds is 2. The van der Waals surface area contributed by atoms with Gasteiger partial charge in [0.05, 0.1) is 6.61 Å². The zero-order chi connectivity index (χ0) is 10.9. The molecule has 0 bridgehead atoms. The lowest BCUT2D eigenvalue weighted by Crippen LogP contribution is -2.34. The van der Waals surface area contributed by atoms with Crippen molar-refractivity contribution in [1.29, 1.82) is 0 Å². The summed E-state index contributed by atoms with van der Waals surface area (Å²) in [6.07, 6.45) is -1.78. The van der Waals surface area contributed by atoms with E-state index in [0.717, 1.165) is 10.0 Å². The average molecular weight is 206 g/mol. The molecule has 1 unspecified atom stereocenters. The molecule has 0 aromatic rings. The number of hydrogen-bond donors (Lipinski definition) is 0. The van der Waals surface area contributed by atoms with Crippen LogP contribution in [0.4, 0.5) is 8.78 Å². The van der Waals surface area contributed by atoms with E-state index in [0.29, 0.717) is 0 Å². The Hall–Kier alpha value is -1.17. The summed E-state index contributed by atoms with van der Waals surface area (Å²) in [5.41, 5.74) is -0.572. The third-order valence-corrected chi connectivity index (χ3v) is 2.04. The van der Waals surface area contributed by atoms with Crippen LogP contribution in [0.2, 0.25) is 0 Å². The molecule has 0 aromatic carbocycles. The molecule has 0 fully saturated rings. The molecule has 14 heavy (non-hydrogen) atoms. The molecular formula is C8H12F2N2O2. The van der Waals surface area contributed by atoms with Gasteiger partial charge < -0.3 is 4.74 Å². The van der Waals surface area contributed by atoms with Crippen molar-refractivity contribution in [3.05, 3.63) is 11.5 Å². The molecule has 0 saturated carbocycles. The van der Waals surface area contributed by atoms with Crippen LogP contribution in [0.5, 0.6) is 0 Å². The monoisotopic (exact) mass is 206 g/mol. The van der Waals surface area contributed by atoms with Crippen LogP contribution in [0.25, 0.3) is 0 Å². The molecule has 0 aromatic heterocycles. The fraction of sp³-hybridized carbons (Fsp3) is 0.625. The lowest BCUT2D eigenvalue weighted by Gasteiger charge is -2.21. The van der Waals surface area contributed by atoms with Crippen LogP contribution in [0.15, 0.2) is 11.5 Å². The minimum atomic E-state index is -1.78. The summed E-state index contributed by atoms with van der Waals surface area (Å²) < 4.78 is 31.2. The van der Waals surface area contributed by atoms with E-state index >= 15 is 0 Å². The number of carbonyl (C=O) groups is 1. The standard InChI is InChI=1S/C8H12F2N2O2/c1-4-14-8(13)5-6(9)11(2)12(3)7(5)10/h6H,4H2,1-3H3. The molecule has 0 aliphatic carbocycles. The fourth-order valence-electron chi connectivity index (χ4n) is 1.14. The summed E-state index contributed by atoms with van der Waals surface area (Å²) in [6, 6.07) is 0. The Balaban J connectivity index is 2.91. The summed E-state index contributed by atoms with van der Waals surface area (Å²) in [7, 11) is 2.67. The van der Waals surface area contributed by atoms with E-state index in [1.165, 1.54) is 14.1 Å². The summed E-state index contributed by atoms with van der Waals surface area (Å²) in [5, 5.41) is 1.90. The summed E-state index contributed by atoms with van der Waals surface area (Å²) in [4.78, 5) is 11.1. The molecule has 0 amide bonds. The SMILES string of the molecule is CCOC(=O)C1=C(F)N(C)N(C)C1F. The van der Waals surface area contributed by atoms with E-state index in [9.17, 15) is 13.6 Å². The first-order valence-electron chi connectivity index (χ1n) is 4.18. The molecule has 1 heterocycles. The number of hydrogen-bond acceptors (Lipinski definition) is 4. The van der Waals surface area contributed by atoms with Crippen LogP contribution in [0, 0.1) is 0 Å². The predicted molar refractivity (Wildman–Crippen MR) is 45.2 cm³/mol. The maximum absolute atomic E-state index is 13.3. The number of alkyl halides is 1. The van der Waals surface area contributed by atoms with Gasteiger partial charge in [-0.05, 0) is 6.92 Å². The molecule has 0 radical (unpaired) electrons. The Kier molecular flexibility index (Phi) is 3.05. The van der Waals surface area contributed by atoms with Crippen molar-refractivity contribution in [2.75, 3.05) is 20.7 Å². The molecule has 1 rings (SSSR count). The van der Waals surface area contributed by atoms with Crippen molar-refractivity contribution < 1.29 is 18.3 Å². The normalized spacial score (nSPS) is 23.2. The highest BCUT2D eigenvalue weighted by Gasteiger charge is 2.40. The predicted octanol–water partition coefficient (Wildman–Crippen LogP) is 0.818. The highest BCUT2D eigenvalue weighted by atomic mass is 19.1. The first kappa shape index (κ1) is 10.9. The van der Waals surface area contributed by atoms with Gasteiger partial charge in [0.1, 0.15) is 5.57 Å². The lowest BCUT2D eigenvalue weighted by molar-refractivity contribution is -0.139. The zero-order valence-corrected chi connectivity index (χ0v) is 8.25. The van der Waals surface area contributed by atoms with E-state index < -0.39 is 23.8 Å². The van der Waals surface area contributed by atoms with Gasteiger partial charge >= 0.3 is 5.97 Å².